The fourth-order valence-corrected chi connectivity index (χ4v) is 1.88. The molecule has 0 saturated carbocycles. The number of nitrogens with zero attached hydrogens (tertiary/aromatic N) is 1. The molecule has 4 N–H and O–H groups in total. The average molecular weight is 267 g/mol. The summed E-state index contributed by atoms with van der Waals surface area (Å²) in [6.45, 7) is 0.691. The van der Waals surface area contributed by atoms with Crippen LogP contribution in [0.1, 0.15) is 6.42 Å². The van der Waals surface area contributed by atoms with Crippen LogP contribution in [0.25, 0.3) is 0 Å². The summed E-state index contributed by atoms with van der Waals surface area (Å²) in [5, 5.41) is 12.6. The number of nitrogens with one attached hydrogen (secondary N) is 1. The van der Waals surface area contributed by atoms with Gasteiger partial charge in [-0.1, -0.05) is 0 Å². The summed E-state index contributed by atoms with van der Waals surface area (Å²) in [6, 6.07) is 2.79. The highest BCUT2D eigenvalue weighted by molar-refractivity contribution is 5.75. The molecule has 1 aliphatic rings. The van der Waals surface area contributed by atoms with E-state index in [1.165, 1.54) is 22.9 Å². The van der Waals surface area contributed by atoms with Gasteiger partial charge in [0, 0.05) is 37.5 Å². The summed E-state index contributed by atoms with van der Waals surface area (Å²) in [5.74, 6) is -0.354. The highest BCUT2D eigenvalue weighted by atomic mass is 16.5. The smallest absolute Gasteiger partial charge is 0.251 e. The van der Waals surface area contributed by atoms with E-state index in [4.69, 9.17) is 10.5 Å². The number of ether oxygens (including phenoxy) is 1. The van der Waals surface area contributed by atoms with E-state index in [9.17, 15) is 14.7 Å². The molecule has 2 rings (SSSR count). The molecule has 1 aromatic heterocycles. The molecule has 0 bridgehead atoms. The van der Waals surface area contributed by atoms with E-state index in [-0.39, 0.29) is 31.2 Å². The lowest BCUT2D eigenvalue weighted by molar-refractivity contribution is -0.123. The number of hydrogen-bond donors (Lipinski definition) is 3. The second kappa shape index (κ2) is 5.41. The molecule has 1 saturated heterocycles. The summed E-state index contributed by atoms with van der Waals surface area (Å²) in [5.41, 5.74) is 4.66. The van der Waals surface area contributed by atoms with Gasteiger partial charge in [-0.2, -0.15) is 0 Å². The highest BCUT2D eigenvalue weighted by Crippen LogP contribution is 2.16. The van der Waals surface area contributed by atoms with Gasteiger partial charge in [-0.3, -0.25) is 9.59 Å². The van der Waals surface area contributed by atoms with Crippen molar-refractivity contribution in [2.24, 2.45) is 0 Å². The summed E-state index contributed by atoms with van der Waals surface area (Å²) in [4.78, 5) is 23.2. The number of nitrogens with two attached hydrogens (primary N) is 1. The fourth-order valence-electron chi connectivity index (χ4n) is 1.88. The largest absolute Gasteiger partial charge is 0.398 e. The van der Waals surface area contributed by atoms with Crippen LogP contribution in [0.5, 0.6) is 0 Å². The quantitative estimate of drug-likeness (QED) is 0.628. The predicted octanol–water partition coefficient (Wildman–Crippen LogP) is -1.30. The molecule has 19 heavy (non-hydrogen) atoms. The van der Waals surface area contributed by atoms with E-state index in [0.29, 0.717) is 18.7 Å². The maximum atomic E-state index is 11.7. The number of hydrogen-bond acceptors (Lipinski definition) is 5. The SMILES string of the molecule is Nc1ccc(=O)n(CC(=O)NCC2(O)CCOC2)c1. The Balaban J connectivity index is 1.90. The molecular formula is C12H17N3O4. The van der Waals surface area contributed by atoms with Gasteiger partial charge in [0.1, 0.15) is 12.1 Å². The first-order valence-electron chi connectivity index (χ1n) is 6.01. The van der Waals surface area contributed by atoms with Crippen LogP contribution < -0.4 is 16.6 Å². The summed E-state index contributed by atoms with van der Waals surface area (Å²) >= 11 is 0. The maximum Gasteiger partial charge on any atom is 0.251 e. The van der Waals surface area contributed by atoms with Crippen LogP contribution in [0.4, 0.5) is 5.69 Å². The van der Waals surface area contributed by atoms with Gasteiger partial charge in [-0.25, -0.2) is 0 Å². The lowest BCUT2D eigenvalue weighted by Crippen LogP contribution is -2.44. The Labute approximate surface area is 110 Å². The summed E-state index contributed by atoms with van der Waals surface area (Å²) < 4.78 is 6.29. The number of aromatic nitrogens is 1. The molecule has 0 aromatic carbocycles. The van der Waals surface area contributed by atoms with Crippen LogP contribution in [0, 0.1) is 0 Å². The number of pyridine rings is 1. The minimum atomic E-state index is -1.00. The van der Waals surface area contributed by atoms with E-state index in [1.54, 1.807) is 0 Å². The molecule has 1 aromatic rings. The van der Waals surface area contributed by atoms with E-state index in [1.807, 2.05) is 0 Å². The number of amides is 1. The van der Waals surface area contributed by atoms with E-state index < -0.39 is 5.60 Å². The van der Waals surface area contributed by atoms with Crippen LogP contribution >= 0.6 is 0 Å². The van der Waals surface area contributed by atoms with Crippen molar-refractivity contribution in [3.8, 4) is 0 Å². The van der Waals surface area contributed by atoms with Crippen molar-refractivity contribution in [1.29, 1.82) is 0 Å². The number of carbonyl (C=O) groups is 1. The number of rotatable bonds is 4. The van der Waals surface area contributed by atoms with Crippen LogP contribution in [-0.4, -0.2) is 40.9 Å². The zero-order valence-electron chi connectivity index (χ0n) is 10.5. The van der Waals surface area contributed by atoms with Gasteiger partial charge < -0.3 is 25.5 Å². The Morgan fingerprint density at radius 3 is 3.05 bits per heavy atom. The first-order valence-corrected chi connectivity index (χ1v) is 6.01. The number of carbonyl (C=O) groups excluding carboxylic acids is 1. The average Bonchev–Trinajstić information content (AvgIpc) is 2.79. The Bertz CT molecular complexity index is 520. The van der Waals surface area contributed by atoms with Crippen molar-refractivity contribution < 1.29 is 14.6 Å². The first kappa shape index (κ1) is 13.6. The molecular weight excluding hydrogens is 250 g/mol. The lowest BCUT2D eigenvalue weighted by Gasteiger charge is -2.20. The molecule has 104 valence electrons. The van der Waals surface area contributed by atoms with E-state index >= 15 is 0 Å². The number of anilines is 1. The third-order valence-electron chi connectivity index (χ3n) is 3.02. The second-order valence-electron chi connectivity index (χ2n) is 4.73. The van der Waals surface area contributed by atoms with Crippen molar-refractivity contribution in [3.63, 3.8) is 0 Å². The topological polar surface area (TPSA) is 107 Å². The molecule has 1 amide bonds. The molecule has 1 fully saturated rings. The molecule has 1 aliphatic heterocycles. The minimum absolute atomic E-state index is 0.114. The maximum absolute atomic E-state index is 11.7. The van der Waals surface area contributed by atoms with Crippen LogP contribution in [-0.2, 0) is 16.1 Å². The molecule has 0 spiro atoms. The summed E-state index contributed by atoms with van der Waals surface area (Å²) in [6.07, 6.45) is 1.90. The van der Waals surface area contributed by atoms with Crippen molar-refractivity contribution in [1.82, 2.24) is 9.88 Å². The minimum Gasteiger partial charge on any atom is -0.398 e. The Hall–Kier alpha value is -1.86. The zero-order chi connectivity index (χ0) is 13.9. The van der Waals surface area contributed by atoms with Crippen molar-refractivity contribution in [2.75, 3.05) is 25.5 Å². The molecule has 2 heterocycles. The number of aliphatic hydroxyl groups is 1. The Morgan fingerprint density at radius 1 is 1.58 bits per heavy atom. The normalized spacial score (nSPS) is 22.4. The van der Waals surface area contributed by atoms with Gasteiger partial charge in [0.15, 0.2) is 0 Å². The Morgan fingerprint density at radius 2 is 2.37 bits per heavy atom. The van der Waals surface area contributed by atoms with Gasteiger partial charge in [0.05, 0.1) is 6.61 Å². The molecule has 7 nitrogen and oxygen atoms in total. The zero-order valence-corrected chi connectivity index (χ0v) is 10.5. The standard InChI is InChI=1S/C12H17N3O4/c13-9-1-2-11(17)15(5-9)6-10(16)14-7-12(18)3-4-19-8-12/h1-2,5,18H,3-4,6-8,13H2,(H,14,16). The number of nitrogen functional groups attached to an aromatic ring is 1. The predicted molar refractivity (Wildman–Crippen MR) is 68.5 cm³/mol. The molecule has 7 heteroatoms. The molecule has 1 unspecified atom stereocenters. The van der Waals surface area contributed by atoms with Gasteiger partial charge in [0.25, 0.3) is 5.56 Å². The van der Waals surface area contributed by atoms with E-state index in [0.717, 1.165) is 0 Å². The molecule has 0 aliphatic carbocycles. The molecule has 0 radical (unpaired) electrons. The first-order chi connectivity index (χ1) is 8.98. The van der Waals surface area contributed by atoms with Crippen LogP contribution in [0.15, 0.2) is 23.1 Å². The van der Waals surface area contributed by atoms with Crippen LogP contribution in [0.2, 0.25) is 0 Å². The van der Waals surface area contributed by atoms with Gasteiger partial charge in [-0.15, -0.1) is 0 Å². The van der Waals surface area contributed by atoms with Crippen molar-refractivity contribution in [2.45, 2.75) is 18.6 Å². The van der Waals surface area contributed by atoms with Gasteiger partial charge in [0.2, 0.25) is 5.91 Å². The Kier molecular flexibility index (Phi) is 3.87. The lowest BCUT2D eigenvalue weighted by atomic mass is 10.0. The highest BCUT2D eigenvalue weighted by Gasteiger charge is 2.32. The van der Waals surface area contributed by atoms with Crippen LogP contribution in [0.3, 0.4) is 0 Å². The third kappa shape index (κ3) is 3.55. The van der Waals surface area contributed by atoms with Crippen molar-refractivity contribution >= 4 is 11.6 Å². The van der Waals surface area contributed by atoms with Crippen molar-refractivity contribution in [3.05, 3.63) is 28.7 Å². The van der Waals surface area contributed by atoms with Gasteiger partial charge >= 0.3 is 0 Å². The van der Waals surface area contributed by atoms with E-state index in [2.05, 4.69) is 5.32 Å². The van der Waals surface area contributed by atoms with Gasteiger partial charge in [-0.05, 0) is 6.07 Å². The fraction of sp³-hybridized carbons (Fsp3) is 0.500. The summed E-state index contributed by atoms with van der Waals surface area (Å²) in [7, 11) is 0. The monoisotopic (exact) mass is 267 g/mol. The molecule has 1 atom stereocenters. The third-order valence-corrected chi connectivity index (χ3v) is 3.02. The second-order valence-corrected chi connectivity index (χ2v) is 4.73.